The molecule has 7 nitrogen and oxygen atoms in total. The van der Waals surface area contributed by atoms with Crippen LogP contribution in [0.5, 0.6) is 5.75 Å². The quantitative estimate of drug-likeness (QED) is 0.791. The van der Waals surface area contributed by atoms with Crippen LogP contribution in [0, 0.1) is 5.92 Å². The van der Waals surface area contributed by atoms with Crippen LogP contribution in [-0.4, -0.2) is 54.2 Å². The molecular formula is C19H26N4O3. The third-order valence-corrected chi connectivity index (χ3v) is 4.95. The molecule has 0 unspecified atom stereocenters. The number of hydrogen-bond donors (Lipinski definition) is 0. The molecule has 1 aliphatic heterocycles. The van der Waals surface area contributed by atoms with Gasteiger partial charge in [-0.2, -0.15) is 4.98 Å². The molecule has 26 heavy (non-hydrogen) atoms. The normalized spacial score (nSPS) is 15.1. The Kier molecular flexibility index (Phi) is 5.75. The van der Waals surface area contributed by atoms with Gasteiger partial charge >= 0.3 is 6.01 Å². The van der Waals surface area contributed by atoms with E-state index < -0.39 is 0 Å². The Balaban J connectivity index is 1.61. The van der Waals surface area contributed by atoms with Crippen LogP contribution in [0.4, 0.5) is 6.01 Å². The number of methoxy groups -OCH3 is 1. The molecular weight excluding hydrogens is 332 g/mol. The van der Waals surface area contributed by atoms with Crippen LogP contribution in [-0.2, 0) is 4.79 Å². The fourth-order valence-corrected chi connectivity index (χ4v) is 3.31. The maximum absolute atomic E-state index is 12.5. The van der Waals surface area contributed by atoms with Crippen LogP contribution in [0.2, 0.25) is 0 Å². The molecule has 1 saturated heterocycles. The SMILES string of the molecule is CCN(CC)C(=O)C1CCN(c2nc(-c3ccc(OC)cc3)no2)CC1. The smallest absolute Gasteiger partial charge is 0.324 e. The molecule has 0 aliphatic carbocycles. The van der Waals surface area contributed by atoms with Gasteiger partial charge in [0.25, 0.3) is 0 Å². The van der Waals surface area contributed by atoms with Crippen LogP contribution >= 0.6 is 0 Å². The van der Waals surface area contributed by atoms with Crippen molar-refractivity contribution in [1.29, 1.82) is 0 Å². The second-order valence-electron chi connectivity index (χ2n) is 6.40. The Morgan fingerprint density at radius 1 is 1.23 bits per heavy atom. The molecule has 140 valence electrons. The zero-order chi connectivity index (χ0) is 18.5. The number of carbonyl (C=O) groups is 1. The first-order chi connectivity index (χ1) is 12.7. The summed E-state index contributed by atoms with van der Waals surface area (Å²) in [6.45, 7) is 7.09. The van der Waals surface area contributed by atoms with E-state index >= 15 is 0 Å². The fourth-order valence-electron chi connectivity index (χ4n) is 3.31. The molecule has 2 heterocycles. The van der Waals surface area contributed by atoms with Gasteiger partial charge in [0.2, 0.25) is 11.7 Å². The first-order valence-electron chi connectivity index (χ1n) is 9.18. The van der Waals surface area contributed by atoms with E-state index in [1.54, 1.807) is 7.11 Å². The van der Waals surface area contributed by atoms with Crippen molar-refractivity contribution in [2.24, 2.45) is 5.92 Å². The third-order valence-electron chi connectivity index (χ3n) is 4.95. The fraction of sp³-hybridized carbons (Fsp3) is 0.526. The lowest BCUT2D eigenvalue weighted by Gasteiger charge is -2.32. The van der Waals surface area contributed by atoms with Crippen molar-refractivity contribution < 1.29 is 14.1 Å². The van der Waals surface area contributed by atoms with Crippen LogP contribution in [0.1, 0.15) is 26.7 Å². The topological polar surface area (TPSA) is 71.7 Å². The molecule has 0 radical (unpaired) electrons. The van der Waals surface area contributed by atoms with E-state index in [4.69, 9.17) is 9.26 Å². The number of ether oxygens (including phenoxy) is 1. The number of rotatable bonds is 6. The van der Waals surface area contributed by atoms with Gasteiger partial charge in [-0.05, 0) is 51.0 Å². The second kappa shape index (κ2) is 8.21. The van der Waals surface area contributed by atoms with E-state index in [2.05, 4.69) is 15.0 Å². The van der Waals surface area contributed by atoms with Crippen molar-refractivity contribution in [1.82, 2.24) is 15.0 Å². The number of anilines is 1. The highest BCUT2D eigenvalue weighted by atomic mass is 16.5. The van der Waals surface area contributed by atoms with Crippen LogP contribution in [0.15, 0.2) is 28.8 Å². The summed E-state index contributed by atoms with van der Waals surface area (Å²) in [5.74, 6) is 1.70. The molecule has 0 bridgehead atoms. The van der Waals surface area contributed by atoms with Crippen molar-refractivity contribution in [3.63, 3.8) is 0 Å². The van der Waals surface area contributed by atoms with E-state index in [9.17, 15) is 4.79 Å². The molecule has 1 aromatic heterocycles. The van der Waals surface area contributed by atoms with Gasteiger partial charge in [-0.25, -0.2) is 0 Å². The van der Waals surface area contributed by atoms with Crippen molar-refractivity contribution >= 4 is 11.9 Å². The molecule has 0 atom stereocenters. The standard InChI is InChI=1S/C19H26N4O3/c1-4-22(5-2)18(24)15-10-12-23(13-11-15)19-20-17(21-26-19)14-6-8-16(25-3)9-7-14/h6-9,15H,4-5,10-13H2,1-3H3. The van der Waals surface area contributed by atoms with Crippen molar-refractivity contribution in [3.8, 4) is 17.1 Å². The van der Waals surface area contributed by atoms with Gasteiger partial charge in [0.1, 0.15) is 5.75 Å². The summed E-state index contributed by atoms with van der Waals surface area (Å²) < 4.78 is 10.6. The largest absolute Gasteiger partial charge is 0.497 e. The van der Waals surface area contributed by atoms with E-state index in [1.165, 1.54) is 0 Å². The highest BCUT2D eigenvalue weighted by Crippen LogP contribution is 2.26. The van der Waals surface area contributed by atoms with Crippen molar-refractivity contribution in [3.05, 3.63) is 24.3 Å². The number of aromatic nitrogens is 2. The summed E-state index contributed by atoms with van der Waals surface area (Å²) >= 11 is 0. The van der Waals surface area contributed by atoms with E-state index in [-0.39, 0.29) is 11.8 Å². The summed E-state index contributed by atoms with van der Waals surface area (Å²) in [6, 6.07) is 8.07. The number of hydrogen-bond acceptors (Lipinski definition) is 6. The zero-order valence-corrected chi connectivity index (χ0v) is 15.6. The molecule has 3 rings (SSSR count). The van der Waals surface area contributed by atoms with Gasteiger partial charge in [0.05, 0.1) is 7.11 Å². The molecule has 0 N–H and O–H groups in total. The van der Waals surface area contributed by atoms with Gasteiger partial charge in [-0.3, -0.25) is 4.79 Å². The average Bonchev–Trinajstić information content (AvgIpc) is 3.19. The molecule has 1 amide bonds. The minimum Gasteiger partial charge on any atom is -0.497 e. The first-order valence-corrected chi connectivity index (χ1v) is 9.18. The van der Waals surface area contributed by atoms with E-state index in [0.717, 1.165) is 50.3 Å². The summed E-state index contributed by atoms with van der Waals surface area (Å²) in [6.07, 6.45) is 1.63. The molecule has 0 saturated carbocycles. The van der Waals surface area contributed by atoms with E-state index in [1.807, 2.05) is 43.0 Å². The highest BCUT2D eigenvalue weighted by molar-refractivity contribution is 5.79. The first kappa shape index (κ1) is 18.2. The van der Waals surface area contributed by atoms with E-state index in [0.29, 0.717) is 11.8 Å². The molecule has 1 fully saturated rings. The van der Waals surface area contributed by atoms with Gasteiger partial charge in [-0.15, -0.1) is 0 Å². The summed E-state index contributed by atoms with van der Waals surface area (Å²) in [5, 5.41) is 4.08. The predicted molar refractivity (Wildman–Crippen MR) is 99.2 cm³/mol. The number of piperidine rings is 1. The Morgan fingerprint density at radius 3 is 2.46 bits per heavy atom. The highest BCUT2D eigenvalue weighted by Gasteiger charge is 2.29. The maximum Gasteiger partial charge on any atom is 0.324 e. The summed E-state index contributed by atoms with van der Waals surface area (Å²) in [4.78, 5) is 21.0. The molecule has 1 aromatic carbocycles. The van der Waals surface area contributed by atoms with Crippen molar-refractivity contribution in [2.75, 3.05) is 38.2 Å². The van der Waals surface area contributed by atoms with Crippen LogP contribution < -0.4 is 9.64 Å². The number of benzene rings is 1. The maximum atomic E-state index is 12.5. The van der Waals surface area contributed by atoms with Gasteiger partial charge in [-0.1, -0.05) is 5.16 Å². The minimum absolute atomic E-state index is 0.0927. The number of carbonyl (C=O) groups excluding carboxylic acids is 1. The van der Waals surface area contributed by atoms with Gasteiger partial charge in [0, 0.05) is 37.7 Å². The monoisotopic (exact) mass is 358 g/mol. The number of nitrogens with zero attached hydrogens (tertiary/aromatic N) is 4. The average molecular weight is 358 g/mol. The van der Waals surface area contributed by atoms with Gasteiger partial charge in [0.15, 0.2) is 0 Å². The lowest BCUT2D eigenvalue weighted by atomic mass is 9.95. The lowest BCUT2D eigenvalue weighted by Crippen LogP contribution is -2.42. The Hall–Kier alpha value is -2.57. The van der Waals surface area contributed by atoms with Crippen LogP contribution in [0.25, 0.3) is 11.4 Å². The predicted octanol–water partition coefficient (Wildman–Crippen LogP) is 2.83. The second-order valence-corrected chi connectivity index (χ2v) is 6.40. The molecule has 1 aliphatic rings. The van der Waals surface area contributed by atoms with Crippen LogP contribution in [0.3, 0.4) is 0 Å². The third kappa shape index (κ3) is 3.81. The molecule has 7 heteroatoms. The molecule has 0 spiro atoms. The number of amides is 1. The Labute approximate surface area is 153 Å². The lowest BCUT2D eigenvalue weighted by molar-refractivity contribution is -0.135. The Bertz CT molecular complexity index is 717. The Morgan fingerprint density at radius 2 is 1.88 bits per heavy atom. The summed E-state index contributed by atoms with van der Waals surface area (Å²) in [7, 11) is 1.63. The summed E-state index contributed by atoms with van der Waals surface area (Å²) in [5.41, 5.74) is 0.882. The minimum atomic E-state index is 0.0927. The zero-order valence-electron chi connectivity index (χ0n) is 15.6. The van der Waals surface area contributed by atoms with Gasteiger partial charge < -0.3 is 19.1 Å². The molecule has 2 aromatic rings. The van der Waals surface area contributed by atoms with Crippen molar-refractivity contribution in [2.45, 2.75) is 26.7 Å².